The number of amides is 1. The Morgan fingerprint density at radius 3 is 2.67 bits per heavy atom. The zero-order valence-electron chi connectivity index (χ0n) is 9.07. The number of hydrogen-bond donors (Lipinski definition) is 1. The second-order valence-electron chi connectivity index (χ2n) is 4.80. The summed E-state index contributed by atoms with van der Waals surface area (Å²) in [4.78, 5) is 13.5. The van der Waals surface area contributed by atoms with Crippen molar-refractivity contribution in [1.82, 2.24) is 4.90 Å². The molecule has 1 saturated heterocycles. The van der Waals surface area contributed by atoms with E-state index in [1.807, 2.05) is 6.92 Å². The minimum Gasteiger partial charge on any atom is -0.338 e. The highest BCUT2D eigenvalue weighted by atomic mass is 16.2. The Bertz CT molecular complexity index is 310. The van der Waals surface area contributed by atoms with E-state index in [2.05, 4.69) is 6.07 Å². The molecule has 0 spiro atoms. The van der Waals surface area contributed by atoms with Crippen molar-refractivity contribution >= 4 is 5.91 Å². The molecule has 0 radical (unpaired) electrons. The van der Waals surface area contributed by atoms with Crippen molar-refractivity contribution in [3.05, 3.63) is 0 Å². The molecule has 1 atom stereocenters. The van der Waals surface area contributed by atoms with E-state index in [1.54, 1.807) is 4.90 Å². The fourth-order valence-corrected chi connectivity index (χ4v) is 2.08. The molecule has 0 aromatic heterocycles. The van der Waals surface area contributed by atoms with Gasteiger partial charge in [-0.3, -0.25) is 4.79 Å². The van der Waals surface area contributed by atoms with Crippen molar-refractivity contribution in [2.75, 3.05) is 13.1 Å². The van der Waals surface area contributed by atoms with Crippen LogP contribution < -0.4 is 5.73 Å². The summed E-state index contributed by atoms with van der Waals surface area (Å²) >= 11 is 0. The number of likely N-dealkylation sites (tertiary alicyclic amines) is 1. The molecule has 2 aliphatic rings. The lowest BCUT2D eigenvalue weighted by Crippen LogP contribution is -2.61. The van der Waals surface area contributed by atoms with E-state index >= 15 is 0 Å². The Kier molecular flexibility index (Phi) is 2.43. The molecule has 1 heterocycles. The van der Waals surface area contributed by atoms with Crippen molar-refractivity contribution in [2.45, 2.75) is 32.2 Å². The van der Waals surface area contributed by atoms with Crippen LogP contribution in [0.25, 0.3) is 0 Å². The Labute approximate surface area is 90.0 Å². The summed E-state index contributed by atoms with van der Waals surface area (Å²) in [6.45, 7) is 3.13. The first kappa shape index (κ1) is 10.4. The lowest BCUT2D eigenvalue weighted by atomic mass is 9.78. The van der Waals surface area contributed by atoms with Crippen LogP contribution in [0.4, 0.5) is 0 Å². The van der Waals surface area contributed by atoms with E-state index in [4.69, 9.17) is 11.0 Å². The van der Waals surface area contributed by atoms with Gasteiger partial charge in [-0.05, 0) is 25.2 Å². The third kappa shape index (κ3) is 1.72. The zero-order valence-corrected chi connectivity index (χ0v) is 9.07. The third-order valence-corrected chi connectivity index (χ3v) is 3.63. The Hall–Kier alpha value is -1.08. The monoisotopic (exact) mass is 207 g/mol. The van der Waals surface area contributed by atoms with Crippen molar-refractivity contribution < 1.29 is 4.79 Å². The van der Waals surface area contributed by atoms with E-state index in [1.165, 1.54) is 0 Å². The molecule has 2 fully saturated rings. The number of nitrogens with zero attached hydrogens (tertiary/aromatic N) is 2. The number of hydrogen-bond acceptors (Lipinski definition) is 3. The summed E-state index contributed by atoms with van der Waals surface area (Å²) in [7, 11) is 0. The molecule has 0 unspecified atom stereocenters. The zero-order chi connectivity index (χ0) is 11.1. The Balaban J connectivity index is 1.88. The number of nitriles is 1. The van der Waals surface area contributed by atoms with E-state index in [0.717, 1.165) is 19.3 Å². The van der Waals surface area contributed by atoms with E-state index < -0.39 is 0 Å². The van der Waals surface area contributed by atoms with Gasteiger partial charge in [-0.1, -0.05) is 6.92 Å². The maximum absolute atomic E-state index is 11.8. The van der Waals surface area contributed by atoms with Gasteiger partial charge in [0, 0.05) is 13.1 Å². The van der Waals surface area contributed by atoms with Crippen LogP contribution in [0.15, 0.2) is 0 Å². The smallest absolute Gasteiger partial charge is 0.239 e. The van der Waals surface area contributed by atoms with Crippen molar-refractivity contribution in [2.24, 2.45) is 17.1 Å². The lowest BCUT2D eigenvalue weighted by Gasteiger charge is -2.46. The van der Waals surface area contributed by atoms with Gasteiger partial charge in [-0.2, -0.15) is 5.26 Å². The van der Waals surface area contributed by atoms with Gasteiger partial charge in [0.15, 0.2) is 0 Å². The Morgan fingerprint density at radius 1 is 1.67 bits per heavy atom. The lowest BCUT2D eigenvalue weighted by molar-refractivity contribution is -0.142. The largest absolute Gasteiger partial charge is 0.338 e. The van der Waals surface area contributed by atoms with Gasteiger partial charge in [0.2, 0.25) is 5.91 Å². The molecule has 0 aromatic rings. The quantitative estimate of drug-likeness (QED) is 0.732. The maximum Gasteiger partial charge on any atom is 0.239 e. The second kappa shape index (κ2) is 3.49. The second-order valence-corrected chi connectivity index (χ2v) is 4.80. The fraction of sp³-hybridized carbons (Fsp3) is 0.818. The summed E-state index contributed by atoms with van der Waals surface area (Å²) in [5, 5.41) is 8.98. The normalized spacial score (nSPS) is 25.3. The predicted octanol–water partition coefficient (Wildman–Crippen LogP) is 0.486. The highest BCUT2D eigenvalue weighted by Crippen LogP contribution is 2.37. The minimum atomic E-state index is -0.321. The highest BCUT2D eigenvalue weighted by Gasteiger charge is 2.47. The van der Waals surface area contributed by atoms with Crippen LogP contribution in [0.1, 0.15) is 26.2 Å². The van der Waals surface area contributed by atoms with Crippen molar-refractivity contribution in [3.8, 4) is 6.07 Å². The highest BCUT2D eigenvalue weighted by molar-refractivity contribution is 5.83. The van der Waals surface area contributed by atoms with E-state index in [0.29, 0.717) is 19.0 Å². The van der Waals surface area contributed by atoms with Crippen LogP contribution in [0.3, 0.4) is 0 Å². The van der Waals surface area contributed by atoms with Gasteiger partial charge in [0.05, 0.1) is 17.5 Å². The summed E-state index contributed by atoms with van der Waals surface area (Å²) < 4.78 is 0. The first-order valence-electron chi connectivity index (χ1n) is 5.57. The molecule has 15 heavy (non-hydrogen) atoms. The average molecular weight is 207 g/mol. The van der Waals surface area contributed by atoms with Crippen LogP contribution >= 0.6 is 0 Å². The summed E-state index contributed by atoms with van der Waals surface area (Å²) in [6.07, 6.45) is 2.97. The molecule has 1 aliphatic heterocycles. The third-order valence-electron chi connectivity index (χ3n) is 3.63. The molecule has 2 rings (SSSR count). The van der Waals surface area contributed by atoms with Crippen LogP contribution in [-0.2, 0) is 4.79 Å². The molecule has 1 amide bonds. The number of carbonyl (C=O) groups excluding carboxylic acids is 1. The molecule has 4 nitrogen and oxygen atoms in total. The van der Waals surface area contributed by atoms with Gasteiger partial charge >= 0.3 is 0 Å². The number of carbonyl (C=O) groups is 1. The summed E-state index contributed by atoms with van der Waals surface area (Å²) in [5.41, 5.74) is 5.54. The van der Waals surface area contributed by atoms with E-state index in [9.17, 15) is 4.79 Å². The predicted molar refractivity (Wildman–Crippen MR) is 55.6 cm³/mol. The summed E-state index contributed by atoms with van der Waals surface area (Å²) in [5.74, 6) is 0.438. The SMILES string of the molecule is CCC1(C#N)CN(C(=O)[C@H](N)C2CC2)C1. The Morgan fingerprint density at radius 2 is 2.27 bits per heavy atom. The van der Waals surface area contributed by atoms with Crippen LogP contribution in [0.5, 0.6) is 0 Å². The van der Waals surface area contributed by atoms with Gasteiger partial charge in [0.1, 0.15) is 0 Å². The molecule has 1 saturated carbocycles. The first-order valence-corrected chi connectivity index (χ1v) is 5.57. The molecule has 82 valence electrons. The van der Waals surface area contributed by atoms with Crippen LogP contribution in [0.2, 0.25) is 0 Å². The van der Waals surface area contributed by atoms with Gasteiger partial charge in [-0.15, -0.1) is 0 Å². The van der Waals surface area contributed by atoms with Crippen molar-refractivity contribution in [1.29, 1.82) is 5.26 Å². The minimum absolute atomic E-state index is 0.0387. The summed E-state index contributed by atoms with van der Waals surface area (Å²) in [6, 6.07) is 1.98. The van der Waals surface area contributed by atoms with E-state index in [-0.39, 0.29) is 17.4 Å². The van der Waals surface area contributed by atoms with Gasteiger partial charge in [-0.25, -0.2) is 0 Å². The molecular formula is C11H17N3O. The average Bonchev–Trinajstić information content (AvgIpc) is 2.99. The maximum atomic E-state index is 11.8. The van der Waals surface area contributed by atoms with Gasteiger partial charge in [0.25, 0.3) is 0 Å². The van der Waals surface area contributed by atoms with Crippen molar-refractivity contribution in [3.63, 3.8) is 0 Å². The standard InChI is InChI=1S/C11H17N3O/c1-2-11(5-12)6-14(7-11)10(15)9(13)8-3-4-8/h8-9H,2-4,6-7,13H2,1H3/t9-/m1/s1. The molecule has 2 N–H and O–H groups in total. The van der Waals surface area contributed by atoms with Crippen LogP contribution in [-0.4, -0.2) is 29.9 Å². The molecule has 0 bridgehead atoms. The molecular weight excluding hydrogens is 190 g/mol. The molecule has 4 heteroatoms. The van der Waals surface area contributed by atoms with Gasteiger partial charge < -0.3 is 10.6 Å². The number of nitrogens with two attached hydrogens (primary N) is 1. The molecule has 1 aliphatic carbocycles. The molecule has 0 aromatic carbocycles. The first-order chi connectivity index (χ1) is 7.12. The topological polar surface area (TPSA) is 70.1 Å². The fourth-order valence-electron chi connectivity index (χ4n) is 2.08. The van der Waals surface area contributed by atoms with Crippen LogP contribution in [0, 0.1) is 22.7 Å². The number of rotatable bonds is 3.